The van der Waals surface area contributed by atoms with Crippen molar-refractivity contribution < 1.29 is 4.39 Å². The van der Waals surface area contributed by atoms with E-state index in [2.05, 4.69) is 25.5 Å². The van der Waals surface area contributed by atoms with Gasteiger partial charge >= 0.3 is 0 Å². The number of aromatic nitrogens is 4. The maximum atomic E-state index is 13.7. The standard InChI is InChI=1S/C14H15FN6/c1-7-3-4-9(5-11(7)15)8(2)18-12-10-6-17-21-13(10)20-14(16)19-12/h3-6,8H,1-2H3,(H4,16,17,18,19,20,21). The van der Waals surface area contributed by atoms with Gasteiger partial charge in [0.2, 0.25) is 5.95 Å². The Morgan fingerprint density at radius 2 is 2.14 bits per heavy atom. The van der Waals surface area contributed by atoms with E-state index in [0.717, 1.165) is 10.9 Å². The van der Waals surface area contributed by atoms with Gasteiger partial charge < -0.3 is 11.1 Å². The van der Waals surface area contributed by atoms with Crippen LogP contribution < -0.4 is 11.1 Å². The molecule has 1 unspecified atom stereocenters. The Balaban J connectivity index is 1.94. The summed E-state index contributed by atoms with van der Waals surface area (Å²) in [6.45, 7) is 3.66. The first kappa shape index (κ1) is 13.3. The number of H-pyrrole nitrogens is 1. The average molecular weight is 286 g/mol. The molecule has 2 heterocycles. The van der Waals surface area contributed by atoms with Crippen molar-refractivity contribution in [3.63, 3.8) is 0 Å². The van der Waals surface area contributed by atoms with Crippen LogP contribution >= 0.6 is 0 Å². The monoisotopic (exact) mass is 286 g/mol. The van der Waals surface area contributed by atoms with Crippen LogP contribution in [0.1, 0.15) is 24.1 Å². The first-order valence-electron chi connectivity index (χ1n) is 6.54. The van der Waals surface area contributed by atoms with Crippen LogP contribution in [0.5, 0.6) is 0 Å². The van der Waals surface area contributed by atoms with E-state index in [0.29, 0.717) is 17.0 Å². The summed E-state index contributed by atoms with van der Waals surface area (Å²) in [5.41, 5.74) is 7.68. The van der Waals surface area contributed by atoms with Gasteiger partial charge in [-0.1, -0.05) is 12.1 Å². The largest absolute Gasteiger partial charge is 0.368 e. The molecule has 0 aliphatic carbocycles. The lowest BCUT2D eigenvalue weighted by Gasteiger charge is -2.16. The van der Waals surface area contributed by atoms with Gasteiger partial charge in [-0.3, -0.25) is 5.10 Å². The number of nitrogens with one attached hydrogen (secondary N) is 2. The van der Waals surface area contributed by atoms with E-state index in [9.17, 15) is 4.39 Å². The highest BCUT2D eigenvalue weighted by Gasteiger charge is 2.13. The number of aryl methyl sites for hydroxylation is 1. The zero-order valence-electron chi connectivity index (χ0n) is 11.7. The molecule has 0 amide bonds. The molecule has 7 heteroatoms. The van der Waals surface area contributed by atoms with Gasteiger partial charge in [0.05, 0.1) is 17.6 Å². The number of benzene rings is 1. The fraction of sp³-hybridized carbons (Fsp3) is 0.214. The van der Waals surface area contributed by atoms with Crippen LogP contribution in [0.3, 0.4) is 0 Å². The molecule has 0 aliphatic rings. The maximum Gasteiger partial charge on any atom is 0.224 e. The van der Waals surface area contributed by atoms with Crippen LogP contribution in [-0.2, 0) is 0 Å². The molecule has 21 heavy (non-hydrogen) atoms. The lowest BCUT2D eigenvalue weighted by atomic mass is 10.1. The van der Waals surface area contributed by atoms with E-state index in [-0.39, 0.29) is 17.8 Å². The second-order valence-electron chi connectivity index (χ2n) is 4.94. The first-order chi connectivity index (χ1) is 10.0. The van der Waals surface area contributed by atoms with Gasteiger partial charge in [-0.2, -0.15) is 15.1 Å². The molecule has 3 rings (SSSR count). The number of halogens is 1. The minimum atomic E-state index is -0.225. The van der Waals surface area contributed by atoms with Crippen molar-refractivity contribution in [2.75, 3.05) is 11.1 Å². The van der Waals surface area contributed by atoms with Crippen molar-refractivity contribution in [2.24, 2.45) is 0 Å². The van der Waals surface area contributed by atoms with Crippen LogP contribution in [0.15, 0.2) is 24.4 Å². The number of rotatable bonds is 3. The molecule has 2 aromatic heterocycles. The summed E-state index contributed by atoms with van der Waals surface area (Å²) >= 11 is 0. The van der Waals surface area contributed by atoms with E-state index in [1.807, 2.05) is 13.0 Å². The van der Waals surface area contributed by atoms with Crippen molar-refractivity contribution in [1.29, 1.82) is 0 Å². The number of hydrogen-bond acceptors (Lipinski definition) is 5. The lowest BCUT2D eigenvalue weighted by Crippen LogP contribution is -2.10. The molecule has 108 valence electrons. The molecule has 1 aromatic carbocycles. The Kier molecular flexibility index (Phi) is 3.17. The highest BCUT2D eigenvalue weighted by atomic mass is 19.1. The van der Waals surface area contributed by atoms with Gasteiger partial charge in [0.15, 0.2) is 5.65 Å². The third-order valence-corrected chi connectivity index (χ3v) is 3.38. The molecule has 0 spiro atoms. The van der Waals surface area contributed by atoms with Crippen molar-refractivity contribution in [1.82, 2.24) is 20.2 Å². The molecule has 0 radical (unpaired) electrons. The molecule has 1 atom stereocenters. The van der Waals surface area contributed by atoms with Crippen LogP contribution in [0.25, 0.3) is 11.0 Å². The van der Waals surface area contributed by atoms with Gasteiger partial charge in [0.1, 0.15) is 11.6 Å². The molecule has 0 saturated carbocycles. The molecule has 0 aliphatic heterocycles. The minimum Gasteiger partial charge on any atom is -0.368 e. The zero-order valence-corrected chi connectivity index (χ0v) is 11.7. The molecule has 6 nitrogen and oxygen atoms in total. The van der Waals surface area contributed by atoms with Crippen LogP contribution in [-0.4, -0.2) is 20.2 Å². The number of nitrogen functional groups attached to an aromatic ring is 1. The third-order valence-electron chi connectivity index (χ3n) is 3.38. The quantitative estimate of drug-likeness (QED) is 0.688. The highest BCUT2D eigenvalue weighted by molar-refractivity contribution is 5.86. The van der Waals surface area contributed by atoms with Gasteiger partial charge in [-0.25, -0.2) is 4.39 Å². The predicted molar refractivity (Wildman–Crippen MR) is 79.3 cm³/mol. The Labute approximate surface area is 120 Å². The first-order valence-corrected chi connectivity index (χ1v) is 6.54. The second kappa shape index (κ2) is 5.01. The van der Waals surface area contributed by atoms with E-state index in [1.54, 1.807) is 19.2 Å². The number of anilines is 2. The van der Waals surface area contributed by atoms with Crippen LogP contribution in [0.4, 0.5) is 16.2 Å². The zero-order chi connectivity index (χ0) is 15.0. The summed E-state index contributed by atoms with van der Waals surface area (Å²) in [7, 11) is 0. The van der Waals surface area contributed by atoms with Gasteiger partial charge in [-0.05, 0) is 31.0 Å². The van der Waals surface area contributed by atoms with Crippen LogP contribution in [0, 0.1) is 12.7 Å². The normalized spacial score (nSPS) is 12.5. The number of fused-ring (bicyclic) bond motifs is 1. The Bertz CT molecular complexity index is 797. The molecule has 0 bridgehead atoms. The maximum absolute atomic E-state index is 13.7. The molecule has 4 N–H and O–H groups in total. The van der Waals surface area contributed by atoms with Crippen LogP contribution in [0.2, 0.25) is 0 Å². The smallest absolute Gasteiger partial charge is 0.224 e. The lowest BCUT2D eigenvalue weighted by molar-refractivity contribution is 0.614. The Morgan fingerprint density at radius 3 is 2.90 bits per heavy atom. The molecule has 3 aromatic rings. The van der Waals surface area contributed by atoms with Gasteiger partial charge in [0, 0.05) is 0 Å². The summed E-state index contributed by atoms with van der Waals surface area (Å²) in [5, 5.41) is 10.6. The topological polar surface area (TPSA) is 92.5 Å². The van der Waals surface area contributed by atoms with Crippen molar-refractivity contribution in [3.8, 4) is 0 Å². The molecular formula is C14H15FN6. The Morgan fingerprint density at radius 1 is 1.33 bits per heavy atom. The number of nitrogens with two attached hydrogens (primary N) is 1. The average Bonchev–Trinajstić information content (AvgIpc) is 2.90. The molecular weight excluding hydrogens is 271 g/mol. The predicted octanol–water partition coefficient (Wildman–Crippen LogP) is 2.56. The van der Waals surface area contributed by atoms with E-state index < -0.39 is 0 Å². The van der Waals surface area contributed by atoms with E-state index in [4.69, 9.17) is 5.73 Å². The third kappa shape index (κ3) is 2.49. The Hall–Kier alpha value is -2.70. The number of aromatic amines is 1. The van der Waals surface area contributed by atoms with Crippen molar-refractivity contribution in [2.45, 2.75) is 19.9 Å². The van der Waals surface area contributed by atoms with E-state index in [1.165, 1.54) is 6.07 Å². The fourth-order valence-electron chi connectivity index (χ4n) is 2.13. The van der Waals surface area contributed by atoms with Gasteiger partial charge in [-0.15, -0.1) is 0 Å². The molecule has 0 saturated heterocycles. The van der Waals surface area contributed by atoms with Gasteiger partial charge in [0.25, 0.3) is 0 Å². The summed E-state index contributed by atoms with van der Waals surface area (Å²) in [6, 6.07) is 5.02. The summed E-state index contributed by atoms with van der Waals surface area (Å²) in [4.78, 5) is 8.23. The summed E-state index contributed by atoms with van der Waals surface area (Å²) < 4.78 is 13.7. The molecule has 0 fully saturated rings. The SMILES string of the molecule is Cc1ccc(C(C)Nc2nc(N)nc3[nH]ncc23)cc1F. The van der Waals surface area contributed by atoms with Crippen molar-refractivity contribution in [3.05, 3.63) is 41.3 Å². The highest BCUT2D eigenvalue weighted by Crippen LogP contribution is 2.25. The number of nitrogens with zero attached hydrogens (tertiary/aromatic N) is 3. The van der Waals surface area contributed by atoms with E-state index >= 15 is 0 Å². The fourth-order valence-corrected chi connectivity index (χ4v) is 2.13. The summed E-state index contributed by atoms with van der Waals surface area (Å²) in [5.74, 6) is 0.494. The minimum absolute atomic E-state index is 0.132. The van der Waals surface area contributed by atoms with Crippen molar-refractivity contribution >= 4 is 22.8 Å². The second-order valence-corrected chi connectivity index (χ2v) is 4.94. The number of hydrogen-bond donors (Lipinski definition) is 3. The summed E-state index contributed by atoms with van der Waals surface area (Å²) in [6.07, 6.45) is 1.62.